The Bertz CT molecular complexity index is 246. The van der Waals surface area contributed by atoms with Gasteiger partial charge in [0.1, 0.15) is 12.4 Å². The first kappa shape index (κ1) is 10.9. The fourth-order valence-corrected chi connectivity index (χ4v) is 1.42. The van der Waals surface area contributed by atoms with Crippen molar-refractivity contribution in [1.82, 2.24) is 0 Å². The van der Waals surface area contributed by atoms with E-state index in [1.54, 1.807) is 11.8 Å². The number of alkyl halides is 1. The quantitative estimate of drug-likeness (QED) is 0.605. The molecule has 0 fully saturated rings. The van der Waals surface area contributed by atoms with Gasteiger partial charge in [-0.1, -0.05) is 15.9 Å². The summed E-state index contributed by atoms with van der Waals surface area (Å²) in [4.78, 5) is 1.66. The van der Waals surface area contributed by atoms with E-state index in [1.165, 1.54) is 4.90 Å². The molecule has 0 aliphatic heterocycles. The number of halogens is 1. The van der Waals surface area contributed by atoms with Crippen LogP contribution < -0.4 is 4.74 Å². The summed E-state index contributed by atoms with van der Waals surface area (Å²) in [5.74, 6) is 0.934. The number of thioether (sulfide) groups is 1. The summed E-state index contributed by atoms with van der Waals surface area (Å²) in [7, 11) is 0. The Hall–Kier alpha value is -0.150. The summed E-state index contributed by atoms with van der Waals surface area (Å²) in [5.41, 5.74) is 0. The third-order valence-electron chi connectivity index (χ3n) is 1.54. The summed E-state index contributed by atoms with van der Waals surface area (Å²) in [6.07, 6.45) is 2.07. The van der Waals surface area contributed by atoms with Gasteiger partial charge in [-0.3, -0.25) is 0 Å². The maximum Gasteiger partial charge on any atom is 0.119 e. The van der Waals surface area contributed by atoms with Crippen molar-refractivity contribution in [1.29, 1.82) is 0 Å². The topological polar surface area (TPSA) is 9.23 Å². The smallest absolute Gasteiger partial charge is 0.119 e. The van der Waals surface area contributed by atoms with Crippen LogP contribution in [0.1, 0.15) is 6.92 Å². The Morgan fingerprint density at radius 1 is 1.38 bits per heavy atom. The standard InChI is InChI=1S/C10H13BrOS/c1-8(11)7-12-9-3-5-10(13-2)6-4-9/h3-6,8H,7H2,1-2H3. The van der Waals surface area contributed by atoms with Crippen LogP contribution in [0.5, 0.6) is 5.75 Å². The van der Waals surface area contributed by atoms with Crippen LogP contribution in [-0.4, -0.2) is 17.7 Å². The van der Waals surface area contributed by atoms with Gasteiger partial charge in [-0.15, -0.1) is 11.8 Å². The first-order valence-electron chi connectivity index (χ1n) is 4.13. The minimum absolute atomic E-state index is 0.396. The molecule has 0 bridgehead atoms. The molecule has 3 heteroatoms. The average Bonchev–Trinajstić information content (AvgIpc) is 2.15. The van der Waals surface area contributed by atoms with E-state index < -0.39 is 0 Å². The number of rotatable bonds is 4. The normalized spacial score (nSPS) is 12.5. The van der Waals surface area contributed by atoms with Gasteiger partial charge < -0.3 is 4.74 Å². The second-order valence-electron chi connectivity index (χ2n) is 2.77. The number of ether oxygens (including phenoxy) is 1. The van der Waals surface area contributed by atoms with Crippen LogP contribution in [0.2, 0.25) is 0 Å². The lowest BCUT2D eigenvalue weighted by Gasteiger charge is -2.07. The zero-order chi connectivity index (χ0) is 9.68. The summed E-state index contributed by atoms with van der Waals surface area (Å²) < 4.78 is 5.51. The molecule has 0 radical (unpaired) electrons. The summed E-state index contributed by atoms with van der Waals surface area (Å²) >= 11 is 5.17. The van der Waals surface area contributed by atoms with Crippen LogP contribution in [0.15, 0.2) is 29.2 Å². The molecule has 1 atom stereocenters. The molecule has 1 aromatic carbocycles. The van der Waals surface area contributed by atoms with Crippen molar-refractivity contribution in [2.24, 2.45) is 0 Å². The minimum atomic E-state index is 0.396. The van der Waals surface area contributed by atoms with E-state index in [0.717, 1.165) is 5.75 Å². The van der Waals surface area contributed by atoms with Gasteiger partial charge in [0, 0.05) is 9.72 Å². The number of hydrogen-bond donors (Lipinski definition) is 0. The lowest BCUT2D eigenvalue weighted by atomic mass is 10.3. The molecule has 0 saturated carbocycles. The molecule has 0 heterocycles. The van der Waals surface area contributed by atoms with Crippen molar-refractivity contribution >= 4 is 27.7 Å². The maximum absolute atomic E-state index is 5.51. The Morgan fingerprint density at radius 3 is 2.46 bits per heavy atom. The van der Waals surface area contributed by atoms with Gasteiger partial charge in [0.25, 0.3) is 0 Å². The summed E-state index contributed by atoms with van der Waals surface area (Å²) in [6, 6.07) is 8.14. The van der Waals surface area contributed by atoms with Crippen molar-refractivity contribution in [3.8, 4) is 5.75 Å². The molecule has 0 aliphatic carbocycles. The molecular formula is C10H13BrOS. The molecule has 0 aliphatic rings. The molecule has 0 aromatic heterocycles. The molecule has 1 unspecified atom stereocenters. The Morgan fingerprint density at radius 2 is 2.00 bits per heavy atom. The molecule has 1 aromatic rings. The van der Waals surface area contributed by atoms with E-state index in [0.29, 0.717) is 11.4 Å². The molecule has 1 nitrogen and oxygen atoms in total. The summed E-state index contributed by atoms with van der Waals surface area (Å²) in [6.45, 7) is 2.77. The van der Waals surface area contributed by atoms with Crippen LogP contribution >= 0.6 is 27.7 Å². The highest BCUT2D eigenvalue weighted by Gasteiger charge is 1.97. The van der Waals surface area contributed by atoms with Gasteiger partial charge in [0.2, 0.25) is 0 Å². The van der Waals surface area contributed by atoms with Crippen molar-refractivity contribution in [2.75, 3.05) is 12.9 Å². The largest absolute Gasteiger partial charge is 0.492 e. The monoisotopic (exact) mass is 260 g/mol. The Kier molecular flexibility index (Phi) is 4.67. The minimum Gasteiger partial charge on any atom is -0.492 e. The van der Waals surface area contributed by atoms with Crippen LogP contribution in [0, 0.1) is 0 Å². The second-order valence-corrected chi connectivity index (χ2v) is 5.21. The first-order valence-corrected chi connectivity index (χ1v) is 6.27. The van der Waals surface area contributed by atoms with Gasteiger partial charge in [-0.2, -0.15) is 0 Å². The van der Waals surface area contributed by atoms with E-state index in [1.807, 2.05) is 12.1 Å². The third-order valence-corrected chi connectivity index (χ3v) is 2.55. The van der Waals surface area contributed by atoms with Crippen LogP contribution in [0.25, 0.3) is 0 Å². The van der Waals surface area contributed by atoms with Crippen molar-refractivity contribution < 1.29 is 4.74 Å². The fraction of sp³-hybridized carbons (Fsp3) is 0.400. The van der Waals surface area contributed by atoms with E-state index in [9.17, 15) is 0 Å². The molecule has 0 amide bonds. The van der Waals surface area contributed by atoms with E-state index in [2.05, 4.69) is 41.2 Å². The Labute approximate surface area is 92.0 Å². The van der Waals surface area contributed by atoms with E-state index >= 15 is 0 Å². The maximum atomic E-state index is 5.51. The van der Waals surface area contributed by atoms with Gasteiger partial charge in [0.05, 0.1) is 0 Å². The number of hydrogen-bond acceptors (Lipinski definition) is 2. The van der Waals surface area contributed by atoms with E-state index in [4.69, 9.17) is 4.74 Å². The van der Waals surface area contributed by atoms with Gasteiger partial charge >= 0.3 is 0 Å². The average molecular weight is 261 g/mol. The van der Waals surface area contributed by atoms with Gasteiger partial charge in [0.15, 0.2) is 0 Å². The molecule has 72 valence electrons. The van der Waals surface area contributed by atoms with Crippen LogP contribution in [-0.2, 0) is 0 Å². The molecule has 1 rings (SSSR count). The zero-order valence-corrected chi connectivity index (χ0v) is 10.2. The highest BCUT2D eigenvalue weighted by Crippen LogP contribution is 2.19. The van der Waals surface area contributed by atoms with Crippen LogP contribution in [0.3, 0.4) is 0 Å². The lowest BCUT2D eigenvalue weighted by molar-refractivity contribution is 0.324. The highest BCUT2D eigenvalue weighted by atomic mass is 79.9. The van der Waals surface area contributed by atoms with Crippen molar-refractivity contribution in [3.63, 3.8) is 0 Å². The molecule has 13 heavy (non-hydrogen) atoms. The zero-order valence-electron chi connectivity index (χ0n) is 7.79. The second kappa shape index (κ2) is 5.55. The molecule has 0 spiro atoms. The number of benzene rings is 1. The fourth-order valence-electron chi connectivity index (χ4n) is 0.883. The SMILES string of the molecule is CSc1ccc(OCC(C)Br)cc1. The Balaban J connectivity index is 2.49. The van der Waals surface area contributed by atoms with E-state index in [-0.39, 0.29) is 0 Å². The lowest BCUT2D eigenvalue weighted by Crippen LogP contribution is -2.06. The van der Waals surface area contributed by atoms with Gasteiger partial charge in [-0.25, -0.2) is 0 Å². The summed E-state index contributed by atoms with van der Waals surface area (Å²) in [5, 5.41) is 0. The molecule has 0 N–H and O–H groups in total. The van der Waals surface area contributed by atoms with Gasteiger partial charge in [-0.05, 0) is 37.4 Å². The first-order chi connectivity index (χ1) is 6.22. The van der Waals surface area contributed by atoms with Crippen molar-refractivity contribution in [2.45, 2.75) is 16.6 Å². The molecule has 0 saturated heterocycles. The molecular weight excluding hydrogens is 248 g/mol. The van der Waals surface area contributed by atoms with Crippen molar-refractivity contribution in [3.05, 3.63) is 24.3 Å². The third kappa shape index (κ3) is 4.05. The predicted octanol–water partition coefficient (Wildman–Crippen LogP) is 3.57. The van der Waals surface area contributed by atoms with Crippen LogP contribution in [0.4, 0.5) is 0 Å². The highest BCUT2D eigenvalue weighted by molar-refractivity contribution is 9.09. The predicted molar refractivity (Wildman–Crippen MR) is 62.1 cm³/mol.